The predicted octanol–water partition coefficient (Wildman–Crippen LogP) is 2.47. The number of likely N-dealkylation sites (tertiary alicyclic amines) is 1. The molecule has 1 fully saturated rings. The molecule has 0 radical (unpaired) electrons. The fourth-order valence-electron chi connectivity index (χ4n) is 3.09. The molecule has 2 rings (SSSR count). The van der Waals surface area contributed by atoms with Gasteiger partial charge in [0.1, 0.15) is 0 Å². The van der Waals surface area contributed by atoms with Crippen molar-refractivity contribution in [3.05, 3.63) is 35.9 Å². The van der Waals surface area contributed by atoms with Crippen LogP contribution >= 0.6 is 0 Å². The van der Waals surface area contributed by atoms with E-state index in [2.05, 4.69) is 24.1 Å². The van der Waals surface area contributed by atoms with Crippen molar-refractivity contribution in [3.8, 4) is 0 Å². The lowest BCUT2D eigenvalue weighted by atomic mass is 9.89. The van der Waals surface area contributed by atoms with E-state index in [4.69, 9.17) is 0 Å². The van der Waals surface area contributed by atoms with Crippen LogP contribution in [0.2, 0.25) is 0 Å². The Hall–Kier alpha value is -1.35. The lowest BCUT2D eigenvalue weighted by Crippen LogP contribution is -2.51. The summed E-state index contributed by atoms with van der Waals surface area (Å²) in [4.78, 5) is 14.4. The van der Waals surface area contributed by atoms with E-state index >= 15 is 0 Å². The third-order valence-corrected chi connectivity index (χ3v) is 4.28. The van der Waals surface area contributed by atoms with Gasteiger partial charge in [-0.1, -0.05) is 50.6 Å². The first-order chi connectivity index (χ1) is 9.74. The molecule has 2 unspecified atom stereocenters. The second-order valence-electron chi connectivity index (χ2n) is 5.62. The molecule has 0 aliphatic carbocycles. The summed E-state index contributed by atoms with van der Waals surface area (Å²) in [6.07, 6.45) is 2.74. The zero-order valence-corrected chi connectivity index (χ0v) is 12.6. The van der Waals surface area contributed by atoms with Crippen molar-refractivity contribution in [1.29, 1.82) is 0 Å². The highest BCUT2D eigenvalue weighted by atomic mass is 16.2. The fraction of sp³-hybridized carbons (Fsp3) is 0.588. The fourth-order valence-corrected chi connectivity index (χ4v) is 3.09. The number of nitrogens with zero attached hydrogens (tertiary/aromatic N) is 1. The summed E-state index contributed by atoms with van der Waals surface area (Å²) < 4.78 is 0. The van der Waals surface area contributed by atoms with E-state index in [1.165, 1.54) is 0 Å². The van der Waals surface area contributed by atoms with Gasteiger partial charge in [0.2, 0.25) is 5.91 Å². The second kappa shape index (κ2) is 7.44. The third-order valence-electron chi connectivity index (χ3n) is 4.28. The summed E-state index contributed by atoms with van der Waals surface area (Å²) in [6, 6.07) is 10.6. The normalized spacial score (nSPS) is 22.8. The van der Waals surface area contributed by atoms with Crippen LogP contribution in [0, 0.1) is 5.92 Å². The Morgan fingerprint density at radius 2 is 2.05 bits per heavy atom. The Morgan fingerprint density at radius 1 is 1.30 bits per heavy atom. The maximum atomic E-state index is 12.4. The average Bonchev–Trinajstić information content (AvgIpc) is 2.49. The minimum Gasteiger partial charge on any atom is -0.342 e. The molecule has 0 saturated carbocycles. The first kappa shape index (κ1) is 15.0. The second-order valence-corrected chi connectivity index (χ2v) is 5.62. The summed E-state index contributed by atoms with van der Waals surface area (Å²) in [5, 5.41) is 3.56. The standard InChI is InChI=1S/C17H26N2O/c1-3-15-13-19(11-10-16(15)18-4-2)17(20)12-14-8-6-5-7-9-14/h5-9,15-16,18H,3-4,10-13H2,1-2H3. The van der Waals surface area contributed by atoms with E-state index in [-0.39, 0.29) is 5.91 Å². The Labute approximate surface area is 122 Å². The topological polar surface area (TPSA) is 32.3 Å². The zero-order chi connectivity index (χ0) is 14.4. The van der Waals surface area contributed by atoms with Crippen LogP contribution < -0.4 is 5.32 Å². The molecule has 1 heterocycles. The molecule has 0 spiro atoms. The molecule has 0 aromatic heterocycles. The molecular formula is C17H26N2O. The predicted molar refractivity (Wildman–Crippen MR) is 82.6 cm³/mol. The first-order valence-electron chi connectivity index (χ1n) is 7.79. The minimum absolute atomic E-state index is 0.268. The van der Waals surface area contributed by atoms with E-state index < -0.39 is 0 Å². The SMILES string of the molecule is CCNC1CCN(C(=O)Cc2ccccc2)CC1CC. The van der Waals surface area contributed by atoms with Crippen LogP contribution in [0.4, 0.5) is 0 Å². The maximum Gasteiger partial charge on any atom is 0.227 e. The summed E-state index contributed by atoms with van der Waals surface area (Å²) >= 11 is 0. The van der Waals surface area contributed by atoms with E-state index in [1.54, 1.807) is 0 Å². The number of carbonyl (C=O) groups is 1. The average molecular weight is 274 g/mol. The number of hydrogen-bond acceptors (Lipinski definition) is 2. The monoisotopic (exact) mass is 274 g/mol. The molecule has 1 N–H and O–H groups in total. The van der Waals surface area contributed by atoms with Crippen LogP contribution in [0.3, 0.4) is 0 Å². The van der Waals surface area contributed by atoms with Gasteiger partial charge in [0, 0.05) is 19.1 Å². The molecule has 2 atom stereocenters. The van der Waals surface area contributed by atoms with E-state index in [0.29, 0.717) is 18.4 Å². The molecule has 1 aromatic carbocycles. The van der Waals surface area contributed by atoms with Crippen molar-refractivity contribution in [3.63, 3.8) is 0 Å². The first-order valence-corrected chi connectivity index (χ1v) is 7.79. The molecule has 1 aliphatic rings. The van der Waals surface area contributed by atoms with Gasteiger partial charge in [0.25, 0.3) is 0 Å². The van der Waals surface area contributed by atoms with Gasteiger partial charge in [-0.15, -0.1) is 0 Å². The summed E-state index contributed by atoms with van der Waals surface area (Å²) in [5.74, 6) is 0.855. The van der Waals surface area contributed by atoms with Crippen LogP contribution in [0.5, 0.6) is 0 Å². The van der Waals surface area contributed by atoms with Crippen LogP contribution in [0.1, 0.15) is 32.3 Å². The van der Waals surface area contributed by atoms with Gasteiger partial charge < -0.3 is 10.2 Å². The highest BCUT2D eigenvalue weighted by molar-refractivity contribution is 5.78. The van der Waals surface area contributed by atoms with Crippen molar-refractivity contribution in [2.75, 3.05) is 19.6 Å². The van der Waals surface area contributed by atoms with Crippen LogP contribution in [0.15, 0.2) is 30.3 Å². The molecule has 1 amide bonds. The van der Waals surface area contributed by atoms with Crippen molar-refractivity contribution in [2.45, 2.75) is 39.2 Å². The molecule has 1 aliphatic heterocycles. The Balaban J connectivity index is 1.92. The zero-order valence-electron chi connectivity index (χ0n) is 12.6. The lowest BCUT2D eigenvalue weighted by molar-refractivity contribution is -0.132. The molecule has 3 heteroatoms. The molecular weight excluding hydrogens is 248 g/mol. The number of piperidine rings is 1. The van der Waals surface area contributed by atoms with Crippen molar-refractivity contribution in [1.82, 2.24) is 10.2 Å². The quantitative estimate of drug-likeness (QED) is 0.894. The van der Waals surface area contributed by atoms with Crippen molar-refractivity contribution >= 4 is 5.91 Å². The highest BCUT2D eigenvalue weighted by Crippen LogP contribution is 2.21. The summed E-state index contributed by atoms with van der Waals surface area (Å²) in [6.45, 7) is 7.18. The number of hydrogen-bond donors (Lipinski definition) is 1. The molecule has 110 valence electrons. The Kier molecular flexibility index (Phi) is 5.60. The smallest absolute Gasteiger partial charge is 0.227 e. The van der Waals surface area contributed by atoms with Crippen LogP contribution in [-0.4, -0.2) is 36.5 Å². The molecule has 1 aromatic rings. The lowest BCUT2D eigenvalue weighted by Gasteiger charge is -2.38. The number of carbonyl (C=O) groups excluding carboxylic acids is 1. The Bertz CT molecular complexity index is 418. The van der Waals surface area contributed by atoms with Gasteiger partial charge in [-0.05, 0) is 24.4 Å². The van der Waals surface area contributed by atoms with Gasteiger partial charge in [0.15, 0.2) is 0 Å². The largest absolute Gasteiger partial charge is 0.342 e. The number of rotatable bonds is 5. The van der Waals surface area contributed by atoms with Crippen LogP contribution in [-0.2, 0) is 11.2 Å². The Morgan fingerprint density at radius 3 is 2.70 bits per heavy atom. The molecule has 0 bridgehead atoms. The number of benzene rings is 1. The minimum atomic E-state index is 0.268. The summed E-state index contributed by atoms with van der Waals surface area (Å²) in [7, 11) is 0. The van der Waals surface area contributed by atoms with Crippen LogP contribution in [0.25, 0.3) is 0 Å². The molecule has 3 nitrogen and oxygen atoms in total. The molecule has 1 saturated heterocycles. The summed E-state index contributed by atoms with van der Waals surface area (Å²) in [5.41, 5.74) is 1.11. The van der Waals surface area contributed by atoms with Gasteiger partial charge in [-0.25, -0.2) is 0 Å². The molecule has 20 heavy (non-hydrogen) atoms. The van der Waals surface area contributed by atoms with E-state index in [9.17, 15) is 4.79 Å². The van der Waals surface area contributed by atoms with Gasteiger partial charge in [-0.2, -0.15) is 0 Å². The van der Waals surface area contributed by atoms with Gasteiger partial charge >= 0.3 is 0 Å². The number of nitrogens with one attached hydrogen (secondary N) is 1. The maximum absolute atomic E-state index is 12.4. The number of amides is 1. The highest BCUT2D eigenvalue weighted by Gasteiger charge is 2.29. The van der Waals surface area contributed by atoms with E-state index in [1.807, 2.05) is 30.3 Å². The van der Waals surface area contributed by atoms with Gasteiger partial charge in [0.05, 0.1) is 6.42 Å². The van der Waals surface area contributed by atoms with E-state index in [0.717, 1.165) is 38.0 Å². The van der Waals surface area contributed by atoms with Crippen molar-refractivity contribution in [2.24, 2.45) is 5.92 Å². The van der Waals surface area contributed by atoms with Gasteiger partial charge in [-0.3, -0.25) is 4.79 Å². The third kappa shape index (κ3) is 3.83. The van der Waals surface area contributed by atoms with Crippen molar-refractivity contribution < 1.29 is 4.79 Å².